The van der Waals surface area contributed by atoms with Crippen LogP contribution in [-0.4, -0.2) is 56.1 Å². The van der Waals surface area contributed by atoms with E-state index in [1.807, 2.05) is 0 Å². The molecule has 0 aliphatic carbocycles. The van der Waals surface area contributed by atoms with E-state index in [0.29, 0.717) is 12.1 Å². The van der Waals surface area contributed by atoms with Crippen LogP contribution in [0.1, 0.15) is 24.1 Å². The van der Waals surface area contributed by atoms with E-state index in [-0.39, 0.29) is 0 Å². The van der Waals surface area contributed by atoms with E-state index in [4.69, 9.17) is 0 Å². The van der Waals surface area contributed by atoms with Gasteiger partial charge in [0, 0.05) is 38.3 Å². The second-order valence-electron chi connectivity index (χ2n) is 5.86. The summed E-state index contributed by atoms with van der Waals surface area (Å²) in [7, 11) is 4.27. The van der Waals surface area contributed by atoms with Crippen LogP contribution < -0.4 is 5.32 Å². The summed E-state index contributed by atoms with van der Waals surface area (Å²) in [5.74, 6) is 0. The fourth-order valence-corrected chi connectivity index (χ4v) is 2.85. The second kappa shape index (κ2) is 6.51. The summed E-state index contributed by atoms with van der Waals surface area (Å²) in [5.41, 5.74) is 2.71. The Morgan fingerprint density at radius 1 is 1.26 bits per heavy atom. The van der Waals surface area contributed by atoms with Crippen LogP contribution in [0, 0.1) is 6.92 Å². The Morgan fingerprint density at radius 3 is 2.53 bits per heavy atom. The molecule has 19 heavy (non-hydrogen) atoms. The molecule has 1 aliphatic rings. The number of likely N-dealkylation sites (N-methyl/N-ethyl adjacent to an activating group) is 2. The molecule has 1 N–H and O–H groups in total. The van der Waals surface area contributed by atoms with Gasteiger partial charge in [-0.05, 0) is 33.5 Å². The van der Waals surface area contributed by atoms with E-state index in [1.165, 1.54) is 30.8 Å². The molecule has 106 valence electrons. The summed E-state index contributed by atoms with van der Waals surface area (Å²) in [6.07, 6.45) is 0. The molecular weight excluding hydrogens is 234 g/mol. The minimum Gasteiger partial charge on any atom is -0.312 e. The number of nitrogens with zero attached hydrogens (tertiary/aromatic N) is 2. The molecule has 0 radical (unpaired) electrons. The van der Waals surface area contributed by atoms with Gasteiger partial charge in [0.2, 0.25) is 0 Å². The van der Waals surface area contributed by atoms with Crippen molar-refractivity contribution in [2.75, 3.05) is 40.3 Å². The van der Waals surface area contributed by atoms with Gasteiger partial charge in [0.25, 0.3) is 0 Å². The van der Waals surface area contributed by atoms with Crippen LogP contribution in [-0.2, 0) is 0 Å². The fraction of sp³-hybridized carbons (Fsp3) is 0.625. The van der Waals surface area contributed by atoms with Crippen molar-refractivity contribution in [2.24, 2.45) is 0 Å². The first-order valence-corrected chi connectivity index (χ1v) is 7.26. The lowest BCUT2D eigenvalue weighted by atomic mass is 10.0. The summed E-state index contributed by atoms with van der Waals surface area (Å²) >= 11 is 0. The number of benzene rings is 1. The van der Waals surface area contributed by atoms with Crippen LogP contribution in [0.5, 0.6) is 0 Å². The van der Waals surface area contributed by atoms with Crippen molar-refractivity contribution in [1.82, 2.24) is 15.1 Å². The molecule has 3 heteroatoms. The number of rotatable bonds is 4. The molecule has 2 atom stereocenters. The summed E-state index contributed by atoms with van der Waals surface area (Å²) in [4.78, 5) is 5.02. The molecule has 0 aromatic heterocycles. The topological polar surface area (TPSA) is 18.5 Å². The number of nitrogens with one attached hydrogen (secondary N) is 1. The fourth-order valence-electron chi connectivity index (χ4n) is 2.85. The van der Waals surface area contributed by atoms with Gasteiger partial charge in [0.05, 0.1) is 0 Å². The van der Waals surface area contributed by atoms with Crippen molar-refractivity contribution in [2.45, 2.75) is 25.9 Å². The van der Waals surface area contributed by atoms with E-state index >= 15 is 0 Å². The van der Waals surface area contributed by atoms with Gasteiger partial charge in [0.1, 0.15) is 0 Å². The predicted molar refractivity (Wildman–Crippen MR) is 81.5 cm³/mol. The van der Waals surface area contributed by atoms with Crippen molar-refractivity contribution < 1.29 is 0 Å². The first-order valence-electron chi connectivity index (χ1n) is 7.26. The lowest BCUT2D eigenvalue weighted by Gasteiger charge is -2.40. The zero-order chi connectivity index (χ0) is 13.8. The number of piperazine rings is 1. The van der Waals surface area contributed by atoms with Gasteiger partial charge < -0.3 is 10.2 Å². The number of hydrogen-bond acceptors (Lipinski definition) is 3. The Kier molecular flexibility index (Phi) is 4.97. The molecule has 1 aromatic rings. The standard InChI is InChI=1S/C16H27N3/c1-13-5-7-15(8-6-13)16(17-3)12-19-10-9-18(4)11-14(19)2/h5-8,14,16-17H,9-12H2,1-4H3. The molecule has 1 heterocycles. The molecule has 1 aromatic carbocycles. The van der Waals surface area contributed by atoms with Crippen molar-refractivity contribution >= 4 is 0 Å². The molecule has 0 spiro atoms. The van der Waals surface area contributed by atoms with Gasteiger partial charge in [-0.1, -0.05) is 29.8 Å². The van der Waals surface area contributed by atoms with Crippen molar-refractivity contribution in [3.05, 3.63) is 35.4 Å². The molecule has 1 fully saturated rings. The van der Waals surface area contributed by atoms with Crippen molar-refractivity contribution in [3.63, 3.8) is 0 Å². The Hall–Kier alpha value is -0.900. The highest BCUT2D eigenvalue weighted by molar-refractivity contribution is 5.24. The van der Waals surface area contributed by atoms with Crippen LogP contribution in [0.4, 0.5) is 0 Å². The van der Waals surface area contributed by atoms with Gasteiger partial charge in [-0.15, -0.1) is 0 Å². The van der Waals surface area contributed by atoms with E-state index in [1.54, 1.807) is 0 Å². The monoisotopic (exact) mass is 261 g/mol. The first-order chi connectivity index (χ1) is 9.10. The maximum atomic E-state index is 3.46. The van der Waals surface area contributed by atoms with Crippen LogP contribution in [0.15, 0.2) is 24.3 Å². The average Bonchev–Trinajstić information content (AvgIpc) is 2.39. The highest BCUT2D eigenvalue weighted by Crippen LogP contribution is 2.18. The molecule has 1 saturated heterocycles. The van der Waals surface area contributed by atoms with Crippen molar-refractivity contribution in [1.29, 1.82) is 0 Å². The molecule has 2 rings (SSSR count). The minimum absolute atomic E-state index is 0.423. The minimum atomic E-state index is 0.423. The molecule has 0 amide bonds. The van der Waals surface area contributed by atoms with Gasteiger partial charge >= 0.3 is 0 Å². The Morgan fingerprint density at radius 2 is 1.95 bits per heavy atom. The third-order valence-electron chi connectivity index (χ3n) is 4.21. The maximum Gasteiger partial charge on any atom is 0.0447 e. The normalized spacial score (nSPS) is 23.5. The Balaban J connectivity index is 2.01. The zero-order valence-electron chi connectivity index (χ0n) is 12.7. The van der Waals surface area contributed by atoms with E-state index < -0.39 is 0 Å². The van der Waals surface area contributed by atoms with Crippen molar-refractivity contribution in [3.8, 4) is 0 Å². The second-order valence-corrected chi connectivity index (χ2v) is 5.86. The maximum absolute atomic E-state index is 3.46. The van der Waals surface area contributed by atoms with E-state index in [0.717, 1.165) is 6.54 Å². The lowest BCUT2D eigenvalue weighted by Crippen LogP contribution is -2.52. The quantitative estimate of drug-likeness (QED) is 0.893. The third-order valence-corrected chi connectivity index (χ3v) is 4.21. The van der Waals surface area contributed by atoms with Gasteiger partial charge in [-0.25, -0.2) is 0 Å². The third kappa shape index (κ3) is 3.78. The molecule has 1 aliphatic heterocycles. The van der Waals surface area contributed by atoms with Crippen LogP contribution in [0.25, 0.3) is 0 Å². The number of aryl methyl sites for hydroxylation is 1. The van der Waals surface area contributed by atoms with E-state index in [9.17, 15) is 0 Å². The summed E-state index contributed by atoms with van der Waals surface area (Å²) in [6.45, 7) is 9.08. The molecule has 3 nitrogen and oxygen atoms in total. The summed E-state index contributed by atoms with van der Waals surface area (Å²) in [6, 6.07) is 9.96. The molecular formula is C16H27N3. The highest BCUT2D eigenvalue weighted by Gasteiger charge is 2.24. The smallest absolute Gasteiger partial charge is 0.0447 e. The van der Waals surface area contributed by atoms with Crippen LogP contribution in [0.2, 0.25) is 0 Å². The lowest BCUT2D eigenvalue weighted by molar-refractivity contribution is 0.0913. The zero-order valence-corrected chi connectivity index (χ0v) is 12.7. The molecule has 2 unspecified atom stereocenters. The average molecular weight is 261 g/mol. The van der Waals surface area contributed by atoms with Gasteiger partial charge in [0.15, 0.2) is 0 Å². The van der Waals surface area contributed by atoms with Crippen LogP contribution in [0.3, 0.4) is 0 Å². The molecule has 0 bridgehead atoms. The first kappa shape index (κ1) is 14.5. The van der Waals surface area contributed by atoms with Gasteiger partial charge in [-0.2, -0.15) is 0 Å². The Labute approximate surface area is 117 Å². The summed E-state index contributed by atoms with van der Waals surface area (Å²) < 4.78 is 0. The largest absolute Gasteiger partial charge is 0.312 e. The number of hydrogen-bond donors (Lipinski definition) is 1. The predicted octanol–water partition coefficient (Wildman–Crippen LogP) is 1.89. The summed E-state index contributed by atoms with van der Waals surface area (Å²) in [5, 5.41) is 3.46. The SMILES string of the molecule is CNC(CN1CCN(C)CC1C)c1ccc(C)cc1. The van der Waals surface area contributed by atoms with E-state index in [2.05, 4.69) is 67.3 Å². The van der Waals surface area contributed by atoms with Gasteiger partial charge in [-0.3, -0.25) is 4.90 Å². The molecule has 0 saturated carbocycles. The highest BCUT2D eigenvalue weighted by atomic mass is 15.3. The van der Waals surface area contributed by atoms with Crippen LogP contribution >= 0.6 is 0 Å². The Bertz CT molecular complexity index is 387.